The van der Waals surface area contributed by atoms with Gasteiger partial charge < -0.3 is 14.3 Å². The van der Waals surface area contributed by atoms with Gasteiger partial charge in [-0.05, 0) is 37.3 Å². The molecule has 3 rings (SSSR count). The van der Waals surface area contributed by atoms with E-state index in [4.69, 9.17) is 14.3 Å². The highest BCUT2D eigenvalue weighted by molar-refractivity contribution is 5.92. The number of aromatic carboxylic acids is 1. The van der Waals surface area contributed by atoms with Crippen molar-refractivity contribution >= 4 is 17.1 Å². The van der Waals surface area contributed by atoms with E-state index in [0.717, 1.165) is 5.56 Å². The summed E-state index contributed by atoms with van der Waals surface area (Å²) in [6, 6.07) is 12.0. The Labute approximate surface area is 120 Å². The van der Waals surface area contributed by atoms with E-state index in [9.17, 15) is 4.79 Å². The van der Waals surface area contributed by atoms with Gasteiger partial charge in [-0.2, -0.15) is 0 Å². The highest BCUT2D eigenvalue weighted by atomic mass is 16.5. The number of ether oxygens (including phenoxy) is 1. The third kappa shape index (κ3) is 2.45. The standard InChI is InChI=1S/C16H13NO4/c1-2-20-13-6-4-3-5-11(13)15-17-12-9-10(16(18)19)7-8-14(12)21-15/h3-9H,2H2,1H3,(H,18,19). The monoisotopic (exact) mass is 283 g/mol. The van der Waals surface area contributed by atoms with Crippen LogP contribution in [0.1, 0.15) is 17.3 Å². The second-order valence-electron chi connectivity index (χ2n) is 4.44. The Morgan fingerprint density at radius 3 is 2.86 bits per heavy atom. The first-order chi connectivity index (χ1) is 10.2. The third-order valence-electron chi connectivity index (χ3n) is 3.05. The molecule has 0 unspecified atom stereocenters. The van der Waals surface area contributed by atoms with E-state index < -0.39 is 5.97 Å². The molecule has 0 bridgehead atoms. The lowest BCUT2D eigenvalue weighted by atomic mass is 10.2. The number of carboxylic acids is 1. The van der Waals surface area contributed by atoms with Gasteiger partial charge in [-0.3, -0.25) is 0 Å². The minimum absolute atomic E-state index is 0.181. The van der Waals surface area contributed by atoms with Gasteiger partial charge in [-0.15, -0.1) is 0 Å². The molecule has 1 aromatic heterocycles. The second kappa shape index (κ2) is 5.28. The average molecular weight is 283 g/mol. The van der Waals surface area contributed by atoms with Crippen molar-refractivity contribution < 1.29 is 19.1 Å². The molecule has 0 aliphatic heterocycles. The maximum Gasteiger partial charge on any atom is 0.335 e. The van der Waals surface area contributed by atoms with E-state index in [1.54, 1.807) is 6.07 Å². The minimum Gasteiger partial charge on any atom is -0.493 e. The van der Waals surface area contributed by atoms with E-state index in [2.05, 4.69) is 4.98 Å². The van der Waals surface area contributed by atoms with Crippen molar-refractivity contribution in [3.8, 4) is 17.2 Å². The zero-order valence-corrected chi connectivity index (χ0v) is 11.4. The molecule has 0 radical (unpaired) electrons. The van der Waals surface area contributed by atoms with Crippen LogP contribution in [0.5, 0.6) is 5.75 Å². The van der Waals surface area contributed by atoms with Crippen molar-refractivity contribution in [3.63, 3.8) is 0 Å². The second-order valence-corrected chi connectivity index (χ2v) is 4.44. The first-order valence-electron chi connectivity index (χ1n) is 6.55. The Hall–Kier alpha value is -2.82. The normalized spacial score (nSPS) is 10.7. The summed E-state index contributed by atoms with van der Waals surface area (Å²) in [5.74, 6) is 0.109. The summed E-state index contributed by atoms with van der Waals surface area (Å²) < 4.78 is 11.2. The number of rotatable bonds is 4. The highest BCUT2D eigenvalue weighted by Gasteiger charge is 2.14. The molecule has 0 aliphatic carbocycles. The molecule has 1 heterocycles. The molecule has 1 N–H and O–H groups in total. The zero-order chi connectivity index (χ0) is 14.8. The number of fused-ring (bicyclic) bond motifs is 1. The zero-order valence-electron chi connectivity index (χ0n) is 11.4. The summed E-state index contributed by atoms with van der Waals surface area (Å²) in [6.07, 6.45) is 0. The summed E-state index contributed by atoms with van der Waals surface area (Å²) in [5.41, 5.74) is 1.98. The van der Waals surface area contributed by atoms with Gasteiger partial charge in [0, 0.05) is 0 Å². The number of carboxylic acid groups (broad SMARTS) is 1. The molecule has 106 valence electrons. The fourth-order valence-electron chi connectivity index (χ4n) is 2.10. The smallest absolute Gasteiger partial charge is 0.335 e. The number of carbonyl (C=O) groups is 1. The summed E-state index contributed by atoms with van der Waals surface area (Å²) in [4.78, 5) is 15.3. The quantitative estimate of drug-likeness (QED) is 0.792. The van der Waals surface area contributed by atoms with Crippen LogP contribution in [0, 0.1) is 0 Å². The van der Waals surface area contributed by atoms with Crippen LogP contribution in [0.4, 0.5) is 0 Å². The lowest BCUT2D eigenvalue weighted by molar-refractivity contribution is 0.0697. The SMILES string of the molecule is CCOc1ccccc1-c1nc2cc(C(=O)O)ccc2o1. The third-order valence-corrected chi connectivity index (χ3v) is 3.05. The molecule has 0 spiro atoms. The van der Waals surface area contributed by atoms with Gasteiger partial charge in [0.25, 0.3) is 0 Å². The summed E-state index contributed by atoms with van der Waals surface area (Å²) in [6.45, 7) is 2.45. The summed E-state index contributed by atoms with van der Waals surface area (Å²) >= 11 is 0. The predicted octanol–water partition coefficient (Wildman–Crippen LogP) is 3.59. The van der Waals surface area contributed by atoms with Gasteiger partial charge in [0.15, 0.2) is 5.58 Å². The lowest BCUT2D eigenvalue weighted by Gasteiger charge is -2.06. The minimum atomic E-state index is -0.990. The van der Waals surface area contributed by atoms with Crippen LogP contribution in [0.3, 0.4) is 0 Å². The van der Waals surface area contributed by atoms with Crippen LogP contribution in [0.2, 0.25) is 0 Å². The largest absolute Gasteiger partial charge is 0.493 e. The highest BCUT2D eigenvalue weighted by Crippen LogP contribution is 2.31. The van der Waals surface area contributed by atoms with Crippen molar-refractivity contribution in [2.75, 3.05) is 6.61 Å². The van der Waals surface area contributed by atoms with Gasteiger partial charge in [0.05, 0.1) is 17.7 Å². The number of oxazole rings is 1. The molecule has 0 saturated heterocycles. The molecule has 0 amide bonds. The van der Waals surface area contributed by atoms with Crippen molar-refractivity contribution in [3.05, 3.63) is 48.0 Å². The van der Waals surface area contributed by atoms with E-state index in [0.29, 0.717) is 29.3 Å². The van der Waals surface area contributed by atoms with E-state index in [1.165, 1.54) is 12.1 Å². The van der Waals surface area contributed by atoms with Gasteiger partial charge in [-0.25, -0.2) is 9.78 Å². The summed E-state index contributed by atoms with van der Waals surface area (Å²) in [5, 5.41) is 9.00. The molecule has 2 aromatic carbocycles. The van der Waals surface area contributed by atoms with E-state index in [1.807, 2.05) is 31.2 Å². The van der Waals surface area contributed by atoms with Crippen molar-refractivity contribution in [2.24, 2.45) is 0 Å². The number of hydrogen-bond donors (Lipinski definition) is 1. The Morgan fingerprint density at radius 2 is 2.10 bits per heavy atom. The Bertz CT molecular complexity index is 807. The van der Waals surface area contributed by atoms with E-state index in [-0.39, 0.29) is 5.56 Å². The van der Waals surface area contributed by atoms with Gasteiger partial charge in [0.2, 0.25) is 5.89 Å². The Morgan fingerprint density at radius 1 is 1.29 bits per heavy atom. The van der Waals surface area contributed by atoms with Crippen molar-refractivity contribution in [1.29, 1.82) is 0 Å². The molecule has 0 aliphatic rings. The number of benzene rings is 2. The van der Waals surface area contributed by atoms with Crippen LogP contribution in [-0.2, 0) is 0 Å². The molecule has 0 saturated carbocycles. The fraction of sp³-hybridized carbons (Fsp3) is 0.125. The van der Waals surface area contributed by atoms with Crippen LogP contribution in [0.25, 0.3) is 22.6 Å². The topological polar surface area (TPSA) is 72.6 Å². The molecule has 5 nitrogen and oxygen atoms in total. The molecule has 5 heteroatoms. The average Bonchev–Trinajstić information content (AvgIpc) is 2.90. The van der Waals surface area contributed by atoms with Crippen molar-refractivity contribution in [1.82, 2.24) is 4.98 Å². The predicted molar refractivity (Wildman–Crippen MR) is 77.6 cm³/mol. The maximum absolute atomic E-state index is 11.0. The molecular weight excluding hydrogens is 270 g/mol. The molecule has 3 aromatic rings. The van der Waals surface area contributed by atoms with Gasteiger partial charge >= 0.3 is 5.97 Å². The lowest BCUT2D eigenvalue weighted by Crippen LogP contribution is -1.94. The Kier molecular flexibility index (Phi) is 3.31. The van der Waals surface area contributed by atoms with E-state index >= 15 is 0 Å². The van der Waals surface area contributed by atoms with Crippen LogP contribution >= 0.6 is 0 Å². The van der Waals surface area contributed by atoms with Crippen LogP contribution in [0.15, 0.2) is 46.9 Å². The van der Waals surface area contributed by atoms with Gasteiger partial charge in [-0.1, -0.05) is 12.1 Å². The van der Waals surface area contributed by atoms with Gasteiger partial charge in [0.1, 0.15) is 11.3 Å². The number of para-hydroxylation sites is 1. The summed E-state index contributed by atoms with van der Waals surface area (Å²) in [7, 11) is 0. The first kappa shape index (κ1) is 13.2. The molecule has 0 fully saturated rings. The molecular formula is C16H13NO4. The molecule has 0 atom stereocenters. The number of aromatic nitrogens is 1. The maximum atomic E-state index is 11.0. The number of hydrogen-bond acceptors (Lipinski definition) is 4. The first-order valence-corrected chi connectivity index (χ1v) is 6.55. The Balaban J connectivity index is 2.11. The number of nitrogens with zero attached hydrogens (tertiary/aromatic N) is 1. The van der Waals surface area contributed by atoms with Crippen molar-refractivity contribution in [2.45, 2.75) is 6.92 Å². The molecule has 21 heavy (non-hydrogen) atoms. The van der Waals surface area contributed by atoms with Crippen LogP contribution < -0.4 is 4.74 Å². The fourth-order valence-corrected chi connectivity index (χ4v) is 2.10. The van der Waals surface area contributed by atoms with Crippen LogP contribution in [-0.4, -0.2) is 22.7 Å².